The molecule has 2 unspecified atom stereocenters. The highest BCUT2D eigenvalue weighted by atomic mass is 16.1. The average molecular weight is 178 g/mol. The third-order valence-electron chi connectivity index (χ3n) is 3.07. The van der Waals surface area contributed by atoms with Crippen molar-refractivity contribution < 1.29 is 4.79 Å². The van der Waals surface area contributed by atoms with E-state index in [2.05, 4.69) is 16.9 Å². The van der Waals surface area contributed by atoms with Gasteiger partial charge >= 0.3 is 0 Å². The number of rotatable bonds is 0. The van der Waals surface area contributed by atoms with Gasteiger partial charge in [0.25, 0.3) is 0 Å². The Morgan fingerprint density at radius 3 is 2.69 bits per heavy atom. The molecule has 1 saturated heterocycles. The number of hydrogen-bond acceptors (Lipinski definition) is 3. The third-order valence-corrected chi connectivity index (χ3v) is 3.07. The number of carbonyl (C=O) groups excluding carboxylic acids is 1. The second kappa shape index (κ2) is 2.70. The number of fused-ring (bicyclic) bond motifs is 1. The molecule has 0 aromatic rings. The minimum absolute atomic E-state index is 0.0417. The van der Waals surface area contributed by atoms with Crippen LogP contribution in [-0.4, -0.2) is 35.9 Å². The molecule has 0 bridgehead atoms. The Kier molecular flexibility index (Phi) is 1.77. The van der Waals surface area contributed by atoms with Crippen LogP contribution in [0.15, 0.2) is 23.9 Å². The fraction of sp³-hybridized carbons (Fsp3) is 0.500. The molecule has 0 amide bonds. The minimum Gasteiger partial charge on any atom is -0.312 e. The maximum atomic E-state index is 11.6. The Labute approximate surface area is 78.3 Å². The number of hydrazine groups is 1. The van der Waals surface area contributed by atoms with Gasteiger partial charge < -0.3 is 5.01 Å². The van der Waals surface area contributed by atoms with Crippen LogP contribution in [-0.2, 0) is 4.79 Å². The number of allylic oxidation sites excluding steroid dienone is 3. The summed E-state index contributed by atoms with van der Waals surface area (Å²) in [5.41, 5.74) is 1.11. The molecule has 0 spiro atoms. The molecular weight excluding hydrogens is 164 g/mol. The number of hydrogen-bond donors (Lipinski definition) is 0. The lowest BCUT2D eigenvalue weighted by Crippen LogP contribution is -2.34. The van der Waals surface area contributed by atoms with Crippen molar-refractivity contribution in [2.75, 3.05) is 14.1 Å². The van der Waals surface area contributed by atoms with Crippen molar-refractivity contribution in [2.24, 2.45) is 5.92 Å². The summed E-state index contributed by atoms with van der Waals surface area (Å²) in [6.07, 6.45) is 5.51. The molecule has 0 aromatic carbocycles. The Morgan fingerprint density at radius 1 is 1.38 bits per heavy atom. The third kappa shape index (κ3) is 1.04. The van der Waals surface area contributed by atoms with Gasteiger partial charge in [-0.3, -0.25) is 4.79 Å². The average Bonchev–Trinajstić information content (AvgIpc) is 2.33. The van der Waals surface area contributed by atoms with Gasteiger partial charge in [0.2, 0.25) is 0 Å². The molecule has 1 fully saturated rings. The van der Waals surface area contributed by atoms with E-state index in [1.165, 1.54) is 0 Å². The van der Waals surface area contributed by atoms with Crippen LogP contribution in [0.3, 0.4) is 0 Å². The first-order chi connectivity index (χ1) is 6.13. The van der Waals surface area contributed by atoms with Gasteiger partial charge in [-0.25, -0.2) is 5.01 Å². The summed E-state index contributed by atoms with van der Waals surface area (Å²) in [5, 5.41) is 4.15. The first kappa shape index (κ1) is 8.51. The lowest BCUT2D eigenvalue weighted by molar-refractivity contribution is -0.117. The summed E-state index contributed by atoms with van der Waals surface area (Å²) in [6.45, 7) is 2.08. The van der Waals surface area contributed by atoms with E-state index in [9.17, 15) is 4.79 Å². The molecule has 3 nitrogen and oxygen atoms in total. The lowest BCUT2D eigenvalue weighted by atomic mass is 9.91. The zero-order valence-electron chi connectivity index (χ0n) is 8.19. The molecule has 2 rings (SSSR count). The van der Waals surface area contributed by atoms with Gasteiger partial charge in [0, 0.05) is 25.8 Å². The molecule has 0 radical (unpaired) electrons. The fourth-order valence-electron chi connectivity index (χ4n) is 2.06. The summed E-state index contributed by atoms with van der Waals surface area (Å²) in [5.74, 6) is 0.265. The van der Waals surface area contributed by atoms with E-state index in [-0.39, 0.29) is 17.7 Å². The fourth-order valence-corrected chi connectivity index (χ4v) is 2.06. The van der Waals surface area contributed by atoms with Crippen LogP contribution in [0.1, 0.15) is 6.92 Å². The standard InChI is InChI=1S/C10H14N2O/c1-7-10-8(12(3)11(7)2)5-4-6-9(10)13/h4-7,10H,1-3H3. The summed E-state index contributed by atoms with van der Waals surface area (Å²) in [6, 6.07) is 0.272. The summed E-state index contributed by atoms with van der Waals surface area (Å²) in [7, 11) is 4.01. The first-order valence-electron chi connectivity index (χ1n) is 4.51. The number of carbonyl (C=O) groups is 1. The predicted octanol–water partition coefficient (Wildman–Crippen LogP) is 0.806. The monoisotopic (exact) mass is 178 g/mol. The van der Waals surface area contributed by atoms with E-state index in [0.29, 0.717) is 0 Å². The number of ketones is 1. The molecule has 1 aliphatic heterocycles. The van der Waals surface area contributed by atoms with Crippen molar-refractivity contribution in [1.29, 1.82) is 0 Å². The van der Waals surface area contributed by atoms with Crippen molar-refractivity contribution in [3.63, 3.8) is 0 Å². The molecule has 0 aromatic heterocycles. The summed E-state index contributed by atoms with van der Waals surface area (Å²) >= 11 is 0. The van der Waals surface area contributed by atoms with Crippen LogP contribution in [0.4, 0.5) is 0 Å². The van der Waals surface area contributed by atoms with Gasteiger partial charge in [-0.1, -0.05) is 6.08 Å². The van der Waals surface area contributed by atoms with Gasteiger partial charge in [-0.05, 0) is 19.1 Å². The van der Waals surface area contributed by atoms with Gasteiger partial charge in [0.15, 0.2) is 5.78 Å². The SMILES string of the molecule is CC1C2C(=O)C=CC=C2N(C)N1C. The van der Waals surface area contributed by atoms with E-state index in [0.717, 1.165) is 5.70 Å². The van der Waals surface area contributed by atoms with Crippen molar-refractivity contribution in [1.82, 2.24) is 10.0 Å². The quantitative estimate of drug-likeness (QED) is 0.548. The van der Waals surface area contributed by atoms with Crippen LogP contribution < -0.4 is 0 Å². The Bertz CT molecular complexity index is 306. The van der Waals surface area contributed by atoms with Crippen LogP contribution in [0.25, 0.3) is 0 Å². The Balaban J connectivity index is 2.41. The largest absolute Gasteiger partial charge is 0.312 e. The number of nitrogens with zero attached hydrogens (tertiary/aromatic N) is 2. The minimum atomic E-state index is 0.0417. The molecule has 13 heavy (non-hydrogen) atoms. The van der Waals surface area contributed by atoms with Crippen LogP contribution in [0.2, 0.25) is 0 Å². The smallest absolute Gasteiger partial charge is 0.166 e. The lowest BCUT2D eigenvalue weighted by Gasteiger charge is -2.24. The molecule has 0 saturated carbocycles. The highest BCUT2D eigenvalue weighted by molar-refractivity contribution is 5.96. The zero-order chi connectivity index (χ0) is 9.59. The molecule has 0 N–H and O–H groups in total. The highest BCUT2D eigenvalue weighted by Crippen LogP contribution is 2.33. The van der Waals surface area contributed by atoms with Gasteiger partial charge in [-0.15, -0.1) is 0 Å². The molecule has 2 aliphatic rings. The van der Waals surface area contributed by atoms with Crippen molar-refractivity contribution in [3.05, 3.63) is 23.9 Å². The van der Waals surface area contributed by atoms with E-state index in [1.54, 1.807) is 6.08 Å². The Morgan fingerprint density at radius 2 is 2.08 bits per heavy atom. The molecule has 2 atom stereocenters. The molecule has 3 heteroatoms. The van der Waals surface area contributed by atoms with Gasteiger partial charge in [0.05, 0.1) is 5.92 Å². The zero-order valence-corrected chi connectivity index (χ0v) is 8.19. The maximum Gasteiger partial charge on any atom is 0.166 e. The van der Waals surface area contributed by atoms with Crippen molar-refractivity contribution >= 4 is 5.78 Å². The van der Waals surface area contributed by atoms with E-state index < -0.39 is 0 Å². The molecular formula is C10H14N2O. The Hall–Kier alpha value is -1.09. The summed E-state index contributed by atoms with van der Waals surface area (Å²) in [4.78, 5) is 11.6. The van der Waals surface area contributed by atoms with Gasteiger partial charge in [-0.2, -0.15) is 0 Å². The molecule has 70 valence electrons. The van der Waals surface area contributed by atoms with Gasteiger partial charge in [0.1, 0.15) is 0 Å². The maximum absolute atomic E-state index is 11.6. The van der Waals surface area contributed by atoms with Crippen molar-refractivity contribution in [2.45, 2.75) is 13.0 Å². The van der Waals surface area contributed by atoms with E-state index >= 15 is 0 Å². The molecule has 1 aliphatic carbocycles. The first-order valence-corrected chi connectivity index (χ1v) is 4.51. The van der Waals surface area contributed by atoms with E-state index in [4.69, 9.17) is 0 Å². The van der Waals surface area contributed by atoms with Crippen LogP contribution in [0, 0.1) is 5.92 Å². The second-order valence-corrected chi connectivity index (χ2v) is 3.67. The summed E-state index contributed by atoms with van der Waals surface area (Å²) < 4.78 is 0. The molecule has 1 heterocycles. The second-order valence-electron chi connectivity index (χ2n) is 3.67. The van der Waals surface area contributed by atoms with Crippen LogP contribution in [0.5, 0.6) is 0 Å². The normalized spacial score (nSPS) is 33.6. The highest BCUT2D eigenvalue weighted by Gasteiger charge is 2.41. The van der Waals surface area contributed by atoms with E-state index in [1.807, 2.05) is 26.2 Å². The topological polar surface area (TPSA) is 23.6 Å². The van der Waals surface area contributed by atoms with Crippen molar-refractivity contribution in [3.8, 4) is 0 Å². The van der Waals surface area contributed by atoms with Crippen LogP contribution >= 0.6 is 0 Å². The predicted molar refractivity (Wildman–Crippen MR) is 50.7 cm³/mol.